The van der Waals surface area contributed by atoms with Gasteiger partial charge >= 0.3 is 6.03 Å². The summed E-state index contributed by atoms with van der Waals surface area (Å²) in [5.74, 6) is -1.38. The van der Waals surface area contributed by atoms with E-state index >= 15 is 0 Å². The molecule has 2 atom stereocenters. The molecular weight excluding hydrogens is 522 g/mol. The number of urea groups is 1. The molecule has 2 fully saturated rings. The number of carbonyl (C=O) groups excluding carboxylic acids is 6. The smallest absolute Gasteiger partial charge is 0.324 e. The average molecular weight is 548 g/mol. The van der Waals surface area contributed by atoms with Gasteiger partial charge in [0.2, 0.25) is 11.8 Å². The van der Waals surface area contributed by atoms with Crippen LogP contribution in [-0.2, 0) is 27.2 Å². The van der Waals surface area contributed by atoms with Crippen LogP contribution in [0.2, 0.25) is 0 Å². The molecule has 1 spiro atoms. The maximum atomic E-state index is 13.5. The topological polar surface area (TPSA) is 136 Å². The quantitative estimate of drug-likeness (QED) is 0.434. The minimum Gasteiger partial charge on any atom is -0.325 e. The molecule has 0 saturated carbocycles. The first-order chi connectivity index (χ1) is 18.7. The molecule has 7 amide bonds. The maximum absolute atomic E-state index is 13.5. The molecule has 2 aromatic carbocycles. The van der Waals surface area contributed by atoms with E-state index in [2.05, 4.69) is 10.6 Å². The number of benzene rings is 2. The summed E-state index contributed by atoms with van der Waals surface area (Å²) in [6, 6.07) is 10.4. The SMILES string of the molecule is CN1C(=O)NC(=O)C12Cc1ccc(NC(=O)CN3CSCCC(N4C(=O)c5ccccc5C4=O)C3=O)cc1C2. The van der Waals surface area contributed by atoms with Gasteiger partial charge in [-0.25, -0.2) is 4.79 Å². The molecule has 2 aromatic rings. The fraction of sp³-hybridized carbons (Fsp3) is 0.333. The van der Waals surface area contributed by atoms with Gasteiger partial charge in [-0.3, -0.25) is 34.2 Å². The van der Waals surface area contributed by atoms with Gasteiger partial charge in [0.25, 0.3) is 17.7 Å². The van der Waals surface area contributed by atoms with Crippen molar-refractivity contribution >= 4 is 53.0 Å². The molecule has 4 aliphatic rings. The highest BCUT2D eigenvalue weighted by Crippen LogP contribution is 2.38. The Kier molecular flexibility index (Phi) is 5.94. The molecule has 39 heavy (non-hydrogen) atoms. The minimum atomic E-state index is -0.978. The largest absolute Gasteiger partial charge is 0.325 e. The summed E-state index contributed by atoms with van der Waals surface area (Å²) in [5, 5.41) is 5.18. The number of hydrogen-bond donors (Lipinski definition) is 2. The molecule has 3 aliphatic heterocycles. The van der Waals surface area contributed by atoms with Gasteiger partial charge in [-0.1, -0.05) is 18.2 Å². The molecule has 2 N–H and O–H groups in total. The zero-order valence-electron chi connectivity index (χ0n) is 21.1. The lowest BCUT2D eigenvalue weighted by molar-refractivity contribution is -0.137. The van der Waals surface area contributed by atoms with Crippen LogP contribution < -0.4 is 10.6 Å². The highest BCUT2D eigenvalue weighted by Gasteiger charge is 2.54. The van der Waals surface area contributed by atoms with Crippen LogP contribution in [0.5, 0.6) is 0 Å². The third-order valence-corrected chi connectivity index (χ3v) is 8.92. The van der Waals surface area contributed by atoms with Crippen molar-refractivity contribution in [2.45, 2.75) is 30.8 Å². The first kappa shape index (κ1) is 25.1. The van der Waals surface area contributed by atoms with E-state index in [4.69, 9.17) is 0 Å². The van der Waals surface area contributed by atoms with Crippen molar-refractivity contribution in [3.63, 3.8) is 0 Å². The van der Waals surface area contributed by atoms with Crippen LogP contribution in [0.15, 0.2) is 42.5 Å². The molecule has 2 unspecified atom stereocenters. The van der Waals surface area contributed by atoms with Gasteiger partial charge in [-0.2, -0.15) is 0 Å². The van der Waals surface area contributed by atoms with Gasteiger partial charge in [0.1, 0.15) is 18.1 Å². The van der Waals surface area contributed by atoms with Crippen LogP contribution in [-0.4, -0.2) is 87.1 Å². The number of hydrogen-bond acceptors (Lipinski definition) is 7. The van der Waals surface area contributed by atoms with E-state index in [0.29, 0.717) is 30.7 Å². The van der Waals surface area contributed by atoms with E-state index < -0.39 is 41.2 Å². The van der Waals surface area contributed by atoms with E-state index in [0.717, 1.165) is 16.0 Å². The number of anilines is 1. The second kappa shape index (κ2) is 9.23. The standard InChI is InChI=1S/C27H25N5O6S/c1-30-26(38)29-25(37)27(30)11-15-6-7-17(10-16(15)12-27)28-21(33)13-31-14-39-9-8-20(24(31)36)32-22(34)18-4-2-3-5-19(18)23(32)35/h2-7,10,20H,8-9,11-14H2,1H3,(H,28,33)(H,29,37,38). The van der Waals surface area contributed by atoms with Gasteiger partial charge in [0.15, 0.2) is 0 Å². The fourth-order valence-electron chi connectivity index (χ4n) is 5.77. The van der Waals surface area contributed by atoms with Gasteiger partial charge in [-0.15, -0.1) is 11.8 Å². The molecule has 0 bridgehead atoms. The Hall–Kier alpha value is -4.19. The second-order valence-corrected chi connectivity index (χ2v) is 11.2. The highest BCUT2D eigenvalue weighted by molar-refractivity contribution is 7.99. The van der Waals surface area contributed by atoms with Crippen molar-refractivity contribution in [1.29, 1.82) is 0 Å². The van der Waals surface area contributed by atoms with Crippen molar-refractivity contribution in [3.05, 3.63) is 64.7 Å². The van der Waals surface area contributed by atoms with Crippen molar-refractivity contribution in [2.75, 3.05) is 30.5 Å². The van der Waals surface area contributed by atoms with Gasteiger partial charge in [0.05, 0.1) is 17.0 Å². The Labute approximate surface area is 227 Å². The number of likely N-dealkylation sites (N-methyl/N-ethyl adjacent to an activating group) is 1. The maximum Gasteiger partial charge on any atom is 0.324 e. The first-order valence-electron chi connectivity index (χ1n) is 12.5. The number of nitrogens with zero attached hydrogens (tertiary/aromatic N) is 3. The summed E-state index contributed by atoms with van der Waals surface area (Å²) >= 11 is 1.46. The van der Waals surface area contributed by atoms with Gasteiger partial charge in [0, 0.05) is 25.6 Å². The Balaban J connectivity index is 1.14. The average Bonchev–Trinajstić information content (AvgIpc) is 3.44. The van der Waals surface area contributed by atoms with Crippen molar-refractivity contribution in [3.8, 4) is 0 Å². The Morgan fingerprint density at radius 2 is 1.72 bits per heavy atom. The van der Waals surface area contributed by atoms with Crippen molar-refractivity contribution in [1.82, 2.24) is 20.0 Å². The van der Waals surface area contributed by atoms with Gasteiger partial charge < -0.3 is 15.1 Å². The monoisotopic (exact) mass is 547 g/mol. The van der Waals surface area contributed by atoms with Crippen molar-refractivity contribution < 1.29 is 28.8 Å². The van der Waals surface area contributed by atoms with Crippen LogP contribution in [0.25, 0.3) is 0 Å². The molecule has 3 heterocycles. The van der Waals surface area contributed by atoms with E-state index in [1.165, 1.54) is 21.6 Å². The second-order valence-electron chi connectivity index (χ2n) is 10.1. The molecule has 12 heteroatoms. The number of rotatable bonds is 4. The number of imide groups is 2. The predicted octanol–water partition coefficient (Wildman–Crippen LogP) is 1.23. The predicted molar refractivity (Wildman–Crippen MR) is 141 cm³/mol. The number of fused-ring (bicyclic) bond motifs is 2. The molecule has 11 nitrogen and oxygen atoms in total. The normalized spacial score (nSPS) is 24.3. The molecule has 0 aromatic heterocycles. The fourth-order valence-corrected chi connectivity index (χ4v) is 6.73. The highest BCUT2D eigenvalue weighted by atomic mass is 32.2. The molecule has 2 saturated heterocycles. The van der Waals surface area contributed by atoms with E-state index in [9.17, 15) is 28.8 Å². The summed E-state index contributed by atoms with van der Waals surface area (Å²) in [6.07, 6.45) is 1.04. The van der Waals surface area contributed by atoms with Crippen LogP contribution in [0.4, 0.5) is 10.5 Å². The molecule has 1 aliphatic carbocycles. The number of nitrogens with one attached hydrogen (secondary N) is 2. The Morgan fingerprint density at radius 3 is 2.38 bits per heavy atom. The third kappa shape index (κ3) is 3.97. The lowest BCUT2D eigenvalue weighted by atomic mass is 9.95. The van der Waals surface area contributed by atoms with Crippen LogP contribution in [0.3, 0.4) is 0 Å². The zero-order valence-corrected chi connectivity index (χ0v) is 21.9. The van der Waals surface area contributed by atoms with E-state index in [-0.39, 0.29) is 29.5 Å². The van der Waals surface area contributed by atoms with Gasteiger partial charge in [-0.05, 0) is 47.6 Å². The summed E-state index contributed by atoms with van der Waals surface area (Å²) in [6.45, 7) is -0.244. The van der Waals surface area contributed by atoms with E-state index in [1.54, 1.807) is 43.4 Å². The Bertz CT molecular complexity index is 1440. The molecular formula is C27H25N5O6S. The lowest BCUT2D eigenvalue weighted by Gasteiger charge is -2.28. The third-order valence-electron chi connectivity index (χ3n) is 7.90. The Morgan fingerprint density at radius 1 is 1.03 bits per heavy atom. The summed E-state index contributed by atoms with van der Waals surface area (Å²) in [4.78, 5) is 80.8. The summed E-state index contributed by atoms with van der Waals surface area (Å²) in [5.41, 5.74) is 1.89. The summed E-state index contributed by atoms with van der Waals surface area (Å²) < 4.78 is 0. The molecule has 0 radical (unpaired) electrons. The van der Waals surface area contributed by atoms with Crippen molar-refractivity contribution in [2.24, 2.45) is 0 Å². The lowest BCUT2D eigenvalue weighted by Crippen LogP contribution is -2.51. The first-order valence-corrected chi connectivity index (χ1v) is 13.7. The number of amides is 7. The number of carbonyl (C=O) groups is 6. The van der Waals surface area contributed by atoms with Crippen LogP contribution >= 0.6 is 11.8 Å². The van der Waals surface area contributed by atoms with Crippen LogP contribution in [0, 0.1) is 0 Å². The van der Waals surface area contributed by atoms with Crippen LogP contribution in [0.1, 0.15) is 38.3 Å². The summed E-state index contributed by atoms with van der Waals surface area (Å²) in [7, 11) is 1.60. The minimum absolute atomic E-state index is 0.244. The molecule has 200 valence electrons. The molecule has 6 rings (SSSR count). The zero-order chi connectivity index (χ0) is 27.5. The number of thioether (sulfide) groups is 1. The van der Waals surface area contributed by atoms with E-state index in [1.807, 2.05) is 6.07 Å².